The Morgan fingerprint density at radius 3 is 2.59 bits per heavy atom. The summed E-state index contributed by atoms with van der Waals surface area (Å²) in [4.78, 5) is 14.6. The molecule has 176 valence electrons. The predicted molar refractivity (Wildman–Crippen MR) is 132 cm³/mol. The summed E-state index contributed by atoms with van der Waals surface area (Å²) < 4.78 is 13.3. The van der Waals surface area contributed by atoms with Crippen LogP contribution in [-0.2, 0) is 17.9 Å². The van der Waals surface area contributed by atoms with Gasteiger partial charge in [0.2, 0.25) is 5.91 Å². The third kappa shape index (κ3) is 6.01. The highest BCUT2D eigenvalue weighted by Gasteiger charge is 2.20. The third-order valence-corrected chi connectivity index (χ3v) is 6.65. The molecule has 0 radical (unpaired) electrons. The van der Waals surface area contributed by atoms with Crippen LogP contribution in [0.25, 0.3) is 0 Å². The van der Waals surface area contributed by atoms with Gasteiger partial charge in [-0.1, -0.05) is 53.7 Å². The van der Waals surface area contributed by atoms with E-state index < -0.39 is 0 Å². The van der Waals surface area contributed by atoms with Gasteiger partial charge < -0.3 is 14.1 Å². The number of thioether (sulfide) groups is 1. The molecule has 0 aliphatic rings. The van der Waals surface area contributed by atoms with E-state index >= 15 is 0 Å². The van der Waals surface area contributed by atoms with Crippen LogP contribution >= 0.6 is 23.4 Å². The molecule has 0 bridgehead atoms. The van der Waals surface area contributed by atoms with E-state index in [1.807, 2.05) is 61.0 Å². The van der Waals surface area contributed by atoms with E-state index in [1.54, 1.807) is 35.4 Å². The molecule has 0 spiro atoms. The number of furan rings is 1. The predicted octanol–water partition coefficient (Wildman–Crippen LogP) is 5.46. The molecule has 0 aliphatic heterocycles. The summed E-state index contributed by atoms with van der Waals surface area (Å²) in [7, 11) is 1.82. The lowest BCUT2D eigenvalue weighted by atomic mass is 10.1. The van der Waals surface area contributed by atoms with Gasteiger partial charge in [0.05, 0.1) is 24.6 Å². The topological polar surface area (TPSA) is 73.4 Å². The number of rotatable bonds is 10. The SMILES string of the molecule is C[C@@H](c1ccccc1)N(C)C(=O)CSc1nnc(COc2ccc(Cl)cc2)n1Cc1ccco1. The molecule has 0 saturated carbocycles. The Bertz CT molecular complexity index is 1200. The number of ether oxygens (including phenoxy) is 1. The van der Waals surface area contributed by atoms with Crippen molar-refractivity contribution in [2.24, 2.45) is 0 Å². The van der Waals surface area contributed by atoms with Crippen molar-refractivity contribution in [2.75, 3.05) is 12.8 Å². The largest absolute Gasteiger partial charge is 0.486 e. The van der Waals surface area contributed by atoms with E-state index in [-0.39, 0.29) is 24.3 Å². The molecule has 1 atom stereocenters. The third-order valence-electron chi connectivity index (χ3n) is 5.45. The van der Waals surface area contributed by atoms with Crippen LogP contribution < -0.4 is 4.74 Å². The van der Waals surface area contributed by atoms with E-state index in [4.69, 9.17) is 20.8 Å². The first kappa shape index (κ1) is 23.9. The van der Waals surface area contributed by atoms with Crippen LogP contribution in [-0.4, -0.2) is 38.4 Å². The van der Waals surface area contributed by atoms with Crippen molar-refractivity contribution in [2.45, 2.75) is 31.3 Å². The number of amides is 1. The Morgan fingerprint density at radius 2 is 1.88 bits per heavy atom. The van der Waals surface area contributed by atoms with E-state index in [1.165, 1.54) is 11.8 Å². The Hall–Kier alpha value is -3.23. The van der Waals surface area contributed by atoms with Crippen molar-refractivity contribution >= 4 is 29.3 Å². The van der Waals surface area contributed by atoms with E-state index in [0.29, 0.717) is 28.3 Å². The molecular formula is C25H25ClN4O3S. The number of hydrogen-bond acceptors (Lipinski definition) is 6. The van der Waals surface area contributed by atoms with E-state index in [2.05, 4.69) is 10.2 Å². The van der Waals surface area contributed by atoms with Gasteiger partial charge in [0.15, 0.2) is 11.0 Å². The van der Waals surface area contributed by atoms with Gasteiger partial charge in [-0.05, 0) is 48.9 Å². The highest BCUT2D eigenvalue weighted by Crippen LogP contribution is 2.24. The van der Waals surface area contributed by atoms with Crippen LogP contribution in [0, 0.1) is 0 Å². The molecule has 2 aromatic carbocycles. The van der Waals surface area contributed by atoms with Gasteiger partial charge >= 0.3 is 0 Å². The van der Waals surface area contributed by atoms with Gasteiger partial charge in [0, 0.05) is 12.1 Å². The fourth-order valence-electron chi connectivity index (χ4n) is 3.33. The van der Waals surface area contributed by atoms with Crippen LogP contribution in [0.5, 0.6) is 5.75 Å². The van der Waals surface area contributed by atoms with Crippen molar-refractivity contribution in [3.63, 3.8) is 0 Å². The minimum Gasteiger partial charge on any atom is -0.486 e. The molecule has 0 fully saturated rings. The van der Waals surface area contributed by atoms with Crippen LogP contribution in [0.3, 0.4) is 0 Å². The zero-order valence-corrected chi connectivity index (χ0v) is 20.5. The number of carbonyl (C=O) groups excluding carboxylic acids is 1. The summed E-state index contributed by atoms with van der Waals surface area (Å²) in [5.74, 6) is 2.32. The zero-order valence-electron chi connectivity index (χ0n) is 18.9. The maximum absolute atomic E-state index is 12.9. The van der Waals surface area contributed by atoms with Crippen molar-refractivity contribution in [1.29, 1.82) is 0 Å². The molecule has 2 aromatic heterocycles. The molecule has 34 heavy (non-hydrogen) atoms. The summed E-state index contributed by atoms with van der Waals surface area (Å²) in [5, 5.41) is 9.90. The Kier molecular flexibility index (Phi) is 7.92. The molecular weight excluding hydrogens is 472 g/mol. The molecule has 4 rings (SSSR count). The molecule has 9 heteroatoms. The van der Waals surface area contributed by atoms with Gasteiger partial charge in [-0.3, -0.25) is 9.36 Å². The Morgan fingerprint density at radius 1 is 1.12 bits per heavy atom. The fourth-order valence-corrected chi connectivity index (χ4v) is 4.33. The minimum absolute atomic E-state index is 0.00728. The molecule has 0 aliphatic carbocycles. The quantitative estimate of drug-likeness (QED) is 0.271. The van der Waals surface area contributed by atoms with Gasteiger partial charge in [-0.15, -0.1) is 10.2 Å². The second kappa shape index (κ2) is 11.3. The van der Waals surface area contributed by atoms with Crippen molar-refractivity contribution in [1.82, 2.24) is 19.7 Å². The first-order valence-electron chi connectivity index (χ1n) is 10.8. The van der Waals surface area contributed by atoms with E-state index in [0.717, 1.165) is 11.3 Å². The lowest BCUT2D eigenvalue weighted by Gasteiger charge is -2.25. The van der Waals surface area contributed by atoms with E-state index in [9.17, 15) is 4.79 Å². The maximum atomic E-state index is 12.9. The van der Waals surface area contributed by atoms with Gasteiger partial charge in [-0.25, -0.2) is 0 Å². The number of nitrogens with zero attached hydrogens (tertiary/aromatic N) is 4. The molecule has 7 nitrogen and oxygen atoms in total. The molecule has 1 amide bonds. The summed E-state index contributed by atoms with van der Waals surface area (Å²) in [6.07, 6.45) is 1.62. The highest BCUT2D eigenvalue weighted by atomic mass is 35.5. The van der Waals surface area contributed by atoms with Crippen LogP contribution in [0.2, 0.25) is 5.02 Å². The molecule has 4 aromatic rings. The summed E-state index contributed by atoms with van der Waals surface area (Å²) >= 11 is 7.29. The number of carbonyl (C=O) groups is 1. The average Bonchev–Trinajstić information content (AvgIpc) is 3.52. The van der Waals surface area contributed by atoms with Gasteiger partial charge in [-0.2, -0.15) is 0 Å². The zero-order chi connectivity index (χ0) is 23.9. The monoisotopic (exact) mass is 496 g/mol. The molecule has 0 unspecified atom stereocenters. The number of hydrogen-bond donors (Lipinski definition) is 0. The number of aromatic nitrogens is 3. The normalized spacial score (nSPS) is 11.9. The summed E-state index contributed by atoms with van der Waals surface area (Å²) in [5.41, 5.74) is 1.09. The minimum atomic E-state index is -0.0291. The Balaban J connectivity index is 1.44. The van der Waals surface area contributed by atoms with Gasteiger partial charge in [0.25, 0.3) is 0 Å². The smallest absolute Gasteiger partial charge is 0.233 e. The van der Waals surface area contributed by atoms with Crippen LogP contribution in [0.4, 0.5) is 0 Å². The highest BCUT2D eigenvalue weighted by molar-refractivity contribution is 7.99. The van der Waals surface area contributed by atoms with Crippen molar-refractivity contribution in [3.8, 4) is 5.75 Å². The molecule has 0 N–H and O–H groups in total. The molecule has 0 saturated heterocycles. The standard InChI is InChI=1S/C25H25ClN4O3S/c1-18(19-7-4-3-5-8-19)29(2)24(31)17-34-25-28-27-23(30(25)15-22-9-6-14-32-22)16-33-21-12-10-20(26)11-13-21/h3-14,18H,15-17H2,1-2H3/t18-/m0/s1. The van der Waals surface area contributed by atoms with Crippen LogP contribution in [0.15, 0.2) is 82.6 Å². The lowest BCUT2D eigenvalue weighted by molar-refractivity contribution is -0.128. The van der Waals surface area contributed by atoms with Crippen molar-refractivity contribution < 1.29 is 13.9 Å². The van der Waals surface area contributed by atoms with Gasteiger partial charge in [0.1, 0.15) is 18.1 Å². The number of halogens is 1. The number of benzene rings is 2. The summed E-state index contributed by atoms with van der Waals surface area (Å²) in [6, 6.07) is 20.8. The van der Waals surface area contributed by atoms with Crippen molar-refractivity contribution in [3.05, 3.63) is 95.2 Å². The second-order valence-electron chi connectivity index (χ2n) is 7.69. The average molecular weight is 497 g/mol. The fraction of sp³-hybridized carbons (Fsp3) is 0.240. The first-order chi connectivity index (χ1) is 16.5. The summed E-state index contributed by atoms with van der Waals surface area (Å²) in [6.45, 7) is 2.67. The lowest BCUT2D eigenvalue weighted by Crippen LogP contribution is -2.31. The first-order valence-corrected chi connectivity index (χ1v) is 12.1. The molecule has 2 heterocycles. The Labute approximate surface area is 207 Å². The second-order valence-corrected chi connectivity index (χ2v) is 9.07. The maximum Gasteiger partial charge on any atom is 0.233 e. The van der Waals surface area contributed by atoms with Crippen LogP contribution in [0.1, 0.15) is 30.1 Å².